The Bertz CT molecular complexity index is 710. The van der Waals surface area contributed by atoms with Crippen molar-refractivity contribution in [3.63, 3.8) is 0 Å². The standard InChI is InChI=1S/C19H21FN2O2/c1-13-4-3-5-17(20)18(13)21-19(23)22-11-10-15(12-22)14-6-8-16(24-2)9-7-14/h3-9,15H,10-12H2,1-2H3,(H,21,23)/t15-/m1/s1. The fraction of sp³-hybridized carbons (Fsp3) is 0.316. The summed E-state index contributed by atoms with van der Waals surface area (Å²) in [6, 6.07) is 12.4. The van der Waals surface area contributed by atoms with E-state index in [-0.39, 0.29) is 11.7 Å². The zero-order valence-electron chi connectivity index (χ0n) is 13.9. The van der Waals surface area contributed by atoms with Crippen molar-refractivity contribution >= 4 is 11.7 Å². The van der Waals surface area contributed by atoms with Crippen LogP contribution in [0.25, 0.3) is 0 Å². The van der Waals surface area contributed by atoms with Gasteiger partial charge in [-0.25, -0.2) is 9.18 Å². The summed E-state index contributed by atoms with van der Waals surface area (Å²) in [5, 5.41) is 2.70. The van der Waals surface area contributed by atoms with Crippen molar-refractivity contribution in [3.05, 3.63) is 59.4 Å². The Hall–Kier alpha value is -2.56. The van der Waals surface area contributed by atoms with E-state index in [1.165, 1.54) is 11.6 Å². The molecule has 2 aromatic carbocycles. The number of aryl methyl sites for hydroxylation is 1. The van der Waals surface area contributed by atoms with Gasteiger partial charge in [-0.1, -0.05) is 24.3 Å². The van der Waals surface area contributed by atoms with Gasteiger partial charge in [-0.2, -0.15) is 0 Å². The molecule has 5 heteroatoms. The van der Waals surface area contributed by atoms with E-state index in [2.05, 4.69) is 5.32 Å². The summed E-state index contributed by atoms with van der Waals surface area (Å²) in [4.78, 5) is 14.2. The molecule has 1 saturated heterocycles. The molecule has 2 aromatic rings. The smallest absolute Gasteiger partial charge is 0.321 e. The first-order valence-corrected chi connectivity index (χ1v) is 8.03. The second-order valence-electron chi connectivity index (χ2n) is 6.07. The summed E-state index contributed by atoms with van der Waals surface area (Å²) in [5.41, 5.74) is 2.16. The van der Waals surface area contributed by atoms with Crippen molar-refractivity contribution in [2.24, 2.45) is 0 Å². The third kappa shape index (κ3) is 3.35. The summed E-state index contributed by atoms with van der Waals surface area (Å²) < 4.78 is 19.0. The minimum absolute atomic E-state index is 0.251. The summed E-state index contributed by atoms with van der Waals surface area (Å²) in [7, 11) is 1.64. The molecule has 1 heterocycles. The average molecular weight is 328 g/mol. The maximum atomic E-state index is 13.9. The quantitative estimate of drug-likeness (QED) is 0.919. The highest BCUT2D eigenvalue weighted by molar-refractivity contribution is 5.90. The number of anilines is 1. The van der Waals surface area contributed by atoms with E-state index in [1.54, 1.807) is 31.1 Å². The van der Waals surface area contributed by atoms with Crippen LogP contribution in [-0.2, 0) is 0 Å². The predicted octanol–water partition coefficient (Wildman–Crippen LogP) is 4.16. The molecular formula is C19H21FN2O2. The molecule has 1 N–H and O–H groups in total. The Labute approximate surface area is 141 Å². The zero-order chi connectivity index (χ0) is 17.1. The summed E-state index contributed by atoms with van der Waals surface area (Å²) in [6.45, 7) is 3.07. The van der Waals surface area contributed by atoms with E-state index in [0.717, 1.165) is 12.2 Å². The van der Waals surface area contributed by atoms with Crippen molar-refractivity contribution in [3.8, 4) is 5.75 Å². The number of hydrogen-bond acceptors (Lipinski definition) is 2. The van der Waals surface area contributed by atoms with Crippen LogP contribution < -0.4 is 10.1 Å². The third-order valence-corrected chi connectivity index (χ3v) is 4.52. The highest BCUT2D eigenvalue weighted by atomic mass is 19.1. The number of amides is 2. The van der Waals surface area contributed by atoms with Crippen LogP contribution >= 0.6 is 0 Å². The molecule has 24 heavy (non-hydrogen) atoms. The van der Waals surface area contributed by atoms with Gasteiger partial charge in [-0.3, -0.25) is 0 Å². The predicted molar refractivity (Wildman–Crippen MR) is 92.1 cm³/mol. The van der Waals surface area contributed by atoms with Crippen LogP contribution in [0, 0.1) is 12.7 Å². The Balaban J connectivity index is 1.65. The molecule has 0 radical (unpaired) electrons. The van der Waals surface area contributed by atoms with Crippen LogP contribution in [-0.4, -0.2) is 31.1 Å². The minimum atomic E-state index is -0.408. The molecule has 4 nitrogen and oxygen atoms in total. The lowest BCUT2D eigenvalue weighted by Crippen LogP contribution is -2.33. The van der Waals surface area contributed by atoms with Gasteiger partial charge in [0.25, 0.3) is 0 Å². The Kier molecular flexibility index (Phi) is 4.69. The molecule has 3 rings (SSSR count). The number of nitrogens with one attached hydrogen (secondary N) is 1. The van der Waals surface area contributed by atoms with E-state index in [9.17, 15) is 9.18 Å². The first kappa shape index (κ1) is 16.3. The highest BCUT2D eigenvalue weighted by Crippen LogP contribution is 2.29. The lowest BCUT2D eigenvalue weighted by molar-refractivity contribution is 0.222. The number of benzene rings is 2. The number of para-hydroxylation sites is 1. The highest BCUT2D eigenvalue weighted by Gasteiger charge is 2.28. The van der Waals surface area contributed by atoms with Gasteiger partial charge < -0.3 is 15.0 Å². The fourth-order valence-corrected chi connectivity index (χ4v) is 3.07. The van der Waals surface area contributed by atoms with Crippen LogP contribution in [0.3, 0.4) is 0 Å². The van der Waals surface area contributed by atoms with Crippen molar-refractivity contribution in [2.75, 3.05) is 25.5 Å². The van der Waals surface area contributed by atoms with Crippen LogP contribution in [0.5, 0.6) is 5.75 Å². The van der Waals surface area contributed by atoms with Crippen molar-refractivity contribution in [2.45, 2.75) is 19.3 Å². The molecule has 1 aliphatic heterocycles. The van der Waals surface area contributed by atoms with E-state index in [1.807, 2.05) is 24.3 Å². The normalized spacial score (nSPS) is 17.0. The average Bonchev–Trinajstić information content (AvgIpc) is 3.08. The van der Waals surface area contributed by atoms with E-state index in [4.69, 9.17) is 4.74 Å². The first-order valence-electron chi connectivity index (χ1n) is 8.03. The molecule has 2 amide bonds. The van der Waals surface area contributed by atoms with Crippen molar-refractivity contribution < 1.29 is 13.9 Å². The topological polar surface area (TPSA) is 41.6 Å². The molecule has 0 saturated carbocycles. The monoisotopic (exact) mass is 328 g/mol. The molecule has 126 valence electrons. The Morgan fingerprint density at radius 3 is 2.67 bits per heavy atom. The summed E-state index contributed by atoms with van der Waals surface area (Å²) >= 11 is 0. The molecule has 0 aromatic heterocycles. The zero-order valence-corrected chi connectivity index (χ0v) is 13.9. The summed E-state index contributed by atoms with van der Waals surface area (Å²) in [6.07, 6.45) is 0.899. The number of urea groups is 1. The molecule has 0 aliphatic carbocycles. The van der Waals surface area contributed by atoms with Gasteiger partial charge in [0.1, 0.15) is 11.6 Å². The number of ether oxygens (including phenoxy) is 1. The molecule has 1 atom stereocenters. The largest absolute Gasteiger partial charge is 0.497 e. The lowest BCUT2D eigenvalue weighted by Gasteiger charge is -2.19. The maximum Gasteiger partial charge on any atom is 0.321 e. The van der Waals surface area contributed by atoms with Crippen LogP contribution in [0.15, 0.2) is 42.5 Å². The molecule has 0 bridgehead atoms. The number of carbonyl (C=O) groups excluding carboxylic acids is 1. The molecule has 1 fully saturated rings. The van der Waals surface area contributed by atoms with Crippen LogP contribution in [0.4, 0.5) is 14.9 Å². The van der Waals surface area contributed by atoms with E-state index >= 15 is 0 Å². The Morgan fingerprint density at radius 2 is 2.00 bits per heavy atom. The number of nitrogens with zero attached hydrogens (tertiary/aromatic N) is 1. The molecular weight excluding hydrogens is 307 g/mol. The Morgan fingerprint density at radius 1 is 1.25 bits per heavy atom. The maximum absolute atomic E-state index is 13.9. The number of methoxy groups -OCH3 is 1. The molecule has 0 unspecified atom stereocenters. The van der Waals surface area contributed by atoms with Crippen molar-refractivity contribution in [1.82, 2.24) is 4.90 Å². The van der Waals surface area contributed by atoms with Gasteiger partial charge in [0.05, 0.1) is 12.8 Å². The number of halogens is 1. The number of hydrogen-bond donors (Lipinski definition) is 1. The first-order chi connectivity index (χ1) is 11.6. The van der Waals surface area contributed by atoms with Gasteiger partial charge >= 0.3 is 6.03 Å². The second kappa shape index (κ2) is 6.91. The minimum Gasteiger partial charge on any atom is -0.497 e. The number of rotatable bonds is 3. The van der Waals surface area contributed by atoms with Crippen molar-refractivity contribution in [1.29, 1.82) is 0 Å². The van der Waals surface area contributed by atoms with Crippen LogP contribution in [0.1, 0.15) is 23.5 Å². The third-order valence-electron chi connectivity index (χ3n) is 4.52. The molecule has 1 aliphatic rings. The summed E-state index contributed by atoms with van der Waals surface area (Å²) in [5.74, 6) is 0.707. The van der Waals surface area contributed by atoms with Crippen LogP contribution in [0.2, 0.25) is 0 Å². The molecule has 0 spiro atoms. The van der Waals surface area contributed by atoms with E-state index < -0.39 is 5.82 Å². The number of likely N-dealkylation sites (tertiary alicyclic amines) is 1. The second-order valence-corrected chi connectivity index (χ2v) is 6.07. The van der Waals surface area contributed by atoms with Gasteiger partial charge in [-0.05, 0) is 42.7 Å². The van der Waals surface area contributed by atoms with Gasteiger partial charge in [-0.15, -0.1) is 0 Å². The van der Waals surface area contributed by atoms with E-state index in [0.29, 0.717) is 24.6 Å². The fourth-order valence-electron chi connectivity index (χ4n) is 3.07. The lowest BCUT2D eigenvalue weighted by atomic mass is 9.98. The SMILES string of the molecule is COc1ccc([C@@H]2CCN(C(=O)Nc3c(C)cccc3F)C2)cc1. The van der Waals surface area contributed by atoms with Gasteiger partial charge in [0.2, 0.25) is 0 Å². The van der Waals surface area contributed by atoms with Gasteiger partial charge in [0, 0.05) is 19.0 Å². The number of carbonyl (C=O) groups is 1. The van der Waals surface area contributed by atoms with Gasteiger partial charge in [0.15, 0.2) is 0 Å².